The highest BCUT2D eigenvalue weighted by atomic mass is 32.2. The van der Waals surface area contributed by atoms with E-state index in [1.807, 2.05) is 0 Å². The Morgan fingerprint density at radius 3 is 2.88 bits per heavy atom. The molecule has 0 aromatic carbocycles. The minimum absolute atomic E-state index is 0.0243. The molecule has 1 aliphatic heterocycles. The monoisotopic (exact) mass is 251 g/mol. The summed E-state index contributed by atoms with van der Waals surface area (Å²) in [5.74, 6) is 0. The summed E-state index contributed by atoms with van der Waals surface area (Å²) in [6.45, 7) is 3.58. The van der Waals surface area contributed by atoms with E-state index in [-0.39, 0.29) is 6.04 Å². The average molecular weight is 251 g/mol. The molecule has 0 saturated carbocycles. The van der Waals surface area contributed by atoms with E-state index in [1.165, 1.54) is 7.11 Å². The van der Waals surface area contributed by atoms with Crippen LogP contribution in [0.1, 0.15) is 19.8 Å². The van der Waals surface area contributed by atoms with Gasteiger partial charge in [0.25, 0.3) is 10.2 Å². The standard InChI is InChI=1S/C9H21N3O3S/c1-8-7-9(3-4-10-8)12-16(13,14)11-5-6-15-2/h8-12H,3-7H2,1-2H3. The summed E-state index contributed by atoms with van der Waals surface area (Å²) in [6, 6.07) is 0.386. The Labute approximate surface area is 97.3 Å². The zero-order valence-corrected chi connectivity index (χ0v) is 10.6. The van der Waals surface area contributed by atoms with Gasteiger partial charge in [0.2, 0.25) is 0 Å². The topological polar surface area (TPSA) is 79.5 Å². The van der Waals surface area contributed by atoms with Crippen LogP contribution in [0, 0.1) is 0 Å². The van der Waals surface area contributed by atoms with Gasteiger partial charge in [0.15, 0.2) is 0 Å². The van der Waals surface area contributed by atoms with Crippen molar-refractivity contribution in [2.24, 2.45) is 0 Å². The van der Waals surface area contributed by atoms with Crippen LogP contribution in [0.25, 0.3) is 0 Å². The number of rotatable bonds is 6. The lowest BCUT2D eigenvalue weighted by atomic mass is 10.0. The lowest BCUT2D eigenvalue weighted by Gasteiger charge is -2.28. The molecule has 0 aromatic heterocycles. The average Bonchev–Trinajstić information content (AvgIpc) is 2.17. The smallest absolute Gasteiger partial charge is 0.277 e. The summed E-state index contributed by atoms with van der Waals surface area (Å²) in [5, 5.41) is 3.27. The minimum atomic E-state index is -3.38. The normalized spacial score (nSPS) is 26.9. The molecule has 7 heteroatoms. The highest BCUT2D eigenvalue weighted by Gasteiger charge is 2.22. The third-order valence-electron chi connectivity index (χ3n) is 2.54. The van der Waals surface area contributed by atoms with Gasteiger partial charge in [0, 0.05) is 25.7 Å². The molecule has 0 amide bonds. The maximum Gasteiger partial charge on any atom is 0.277 e. The quantitative estimate of drug-likeness (QED) is 0.540. The lowest BCUT2D eigenvalue weighted by molar-refractivity contribution is 0.204. The SMILES string of the molecule is COCCNS(=O)(=O)NC1CCNC(C)C1. The molecule has 0 bridgehead atoms. The first-order valence-corrected chi connectivity index (χ1v) is 7.01. The van der Waals surface area contributed by atoms with Gasteiger partial charge in [0.1, 0.15) is 0 Å². The second-order valence-electron chi connectivity index (χ2n) is 4.08. The van der Waals surface area contributed by atoms with Crippen LogP contribution in [0.2, 0.25) is 0 Å². The summed E-state index contributed by atoms with van der Waals surface area (Å²) in [5.41, 5.74) is 0. The van der Waals surface area contributed by atoms with Crippen LogP contribution in [-0.4, -0.2) is 47.3 Å². The van der Waals surface area contributed by atoms with E-state index in [0.717, 1.165) is 19.4 Å². The third-order valence-corrected chi connectivity index (χ3v) is 3.77. The Morgan fingerprint density at radius 1 is 1.50 bits per heavy atom. The Bertz CT molecular complexity index is 294. The van der Waals surface area contributed by atoms with Crippen molar-refractivity contribution in [1.29, 1.82) is 0 Å². The van der Waals surface area contributed by atoms with Crippen LogP contribution in [-0.2, 0) is 14.9 Å². The predicted octanol–water partition coefficient (Wildman–Crippen LogP) is -0.803. The van der Waals surface area contributed by atoms with Crippen LogP contribution < -0.4 is 14.8 Å². The lowest BCUT2D eigenvalue weighted by Crippen LogP contribution is -2.50. The Morgan fingerprint density at radius 2 is 2.25 bits per heavy atom. The van der Waals surface area contributed by atoms with Crippen molar-refractivity contribution in [3.05, 3.63) is 0 Å². The molecule has 0 radical (unpaired) electrons. The van der Waals surface area contributed by atoms with Crippen LogP contribution in [0.15, 0.2) is 0 Å². The maximum atomic E-state index is 11.6. The molecule has 6 nitrogen and oxygen atoms in total. The van der Waals surface area contributed by atoms with Gasteiger partial charge in [-0.25, -0.2) is 0 Å². The van der Waals surface area contributed by atoms with Crippen molar-refractivity contribution < 1.29 is 13.2 Å². The van der Waals surface area contributed by atoms with E-state index >= 15 is 0 Å². The molecule has 2 atom stereocenters. The van der Waals surface area contributed by atoms with Crippen LogP contribution >= 0.6 is 0 Å². The molecular formula is C9H21N3O3S. The van der Waals surface area contributed by atoms with Crippen molar-refractivity contribution in [3.63, 3.8) is 0 Å². The summed E-state index contributed by atoms with van der Waals surface area (Å²) in [6.07, 6.45) is 1.65. The van der Waals surface area contributed by atoms with Crippen molar-refractivity contribution >= 4 is 10.2 Å². The number of methoxy groups -OCH3 is 1. The second-order valence-corrected chi connectivity index (χ2v) is 5.62. The van der Waals surface area contributed by atoms with Crippen LogP contribution in [0.3, 0.4) is 0 Å². The van der Waals surface area contributed by atoms with Gasteiger partial charge >= 0.3 is 0 Å². The maximum absolute atomic E-state index is 11.6. The minimum Gasteiger partial charge on any atom is -0.383 e. The molecule has 1 rings (SSSR count). The molecule has 1 heterocycles. The Kier molecular flexibility index (Phi) is 5.63. The molecular weight excluding hydrogens is 230 g/mol. The van der Waals surface area contributed by atoms with E-state index < -0.39 is 10.2 Å². The number of ether oxygens (including phenoxy) is 1. The highest BCUT2D eigenvalue weighted by Crippen LogP contribution is 2.08. The second kappa shape index (κ2) is 6.51. The first-order chi connectivity index (χ1) is 7.53. The Balaban J connectivity index is 2.33. The third kappa shape index (κ3) is 5.22. The molecule has 0 spiro atoms. The van der Waals surface area contributed by atoms with Gasteiger partial charge in [-0.2, -0.15) is 17.9 Å². The van der Waals surface area contributed by atoms with Crippen LogP contribution in [0.5, 0.6) is 0 Å². The first kappa shape index (κ1) is 13.9. The molecule has 1 fully saturated rings. The summed E-state index contributed by atoms with van der Waals surface area (Å²) >= 11 is 0. The molecule has 3 N–H and O–H groups in total. The molecule has 2 unspecified atom stereocenters. The van der Waals surface area contributed by atoms with Crippen molar-refractivity contribution in [2.75, 3.05) is 26.8 Å². The van der Waals surface area contributed by atoms with Gasteiger partial charge in [-0.3, -0.25) is 0 Å². The summed E-state index contributed by atoms with van der Waals surface area (Å²) in [7, 11) is -1.85. The predicted molar refractivity (Wildman–Crippen MR) is 62.4 cm³/mol. The number of piperidine rings is 1. The van der Waals surface area contributed by atoms with Crippen molar-refractivity contribution in [1.82, 2.24) is 14.8 Å². The van der Waals surface area contributed by atoms with Gasteiger partial charge < -0.3 is 10.1 Å². The molecule has 16 heavy (non-hydrogen) atoms. The molecule has 0 aromatic rings. The first-order valence-electron chi connectivity index (χ1n) is 5.53. The fourth-order valence-corrected chi connectivity index (χ4v) is 2.87. The van der Waals surface area contributed by atoms with Crippen molar-refractivity contribution in [2.45, 2.75) is 31.8 Å². The fraction of sp³-hybridized carbons (Fsp3) is 1.00. The summed E-state index contributed by atoms with van der Waals surface area (Å²) < 4.78 is 33.0. The molecule has 0 aliphatic carbocycles. The number of hydrogen-bond donors (Lipinski definition) is 3. The molecule has 1 saturated heterocycles. The van der Waals surface area contributed by atoms with Crippen molar-refractivity contribution in [3.8, 4) is 0 Å². The van der Waals surface area contributed by atoms with Gasteiger partial charge in [0.05, 0.1) is 6.61 Å². The van der Waals surface area contributed by atoms with Gasteiger partial charge in [-0.15, -0.1) is 0 Å². The number of nitrogens with one attached hydrogen (secondary N) is 3. The van der Waals surface area contributed by atoms with E-state index in [4.69, 9.17) is 4.74 Å². The fourth-order valence-electron chi connectivity index (χ4n) is 1.78. The van der Waals surface area contributed by atoms with Gasteiger partial charge in [-0.1, -0.05) is 0 Å². The largest absolute Gasteiger partial charge is 0.383 e. The highest BCUT2D eigenvalue weighted by molar-refractivity contribution is 7.87. The van der Waals surface area contributed by atoms with E-state index in [0.29, 0.717) is 19.2 Å². The molecule has 1 aliphatic rings. The van der Waals surface area contributed by atoms with E-state index in [1.54, 1.807) is 0 Å². The zero-order chi connectivity index (χ0) is 12.0. The van der Waals surface area contributed by atoms with Gasteiger partial charge in [-0.05, 0) is 26.3 Å². The molecule has 96 valence electrons. The van der Waals surface area contributed by atoms with E-state index in [2.05, 4.69) is 21.7 Å². The summed E-state index contributed by atoms with van der Waals surface area (Å²) in [4.78, 5) is 0. The number of hydrogen-bond acceptors (Lipinski definition) is 4. The zero-order valence-electron chi connectivity index (χ0n) is 9.82. The van der Waals surface area contributed by atoms with E-state index in [9.17, 15) is 8.42 Å². The van der Waals surface area contributed by atoms with Crippen LogP contribution in [0.4, 0.5) is 0 Å². The Hall–Kier alpha value is -0.210.